The van der Waals surface area contributed by atoms with Crippen LogP contribution in [0.2, 0.25) is 0 Å². The van der Waals surface area contributed by atoms with Gasteiger partial charge in [-0.3, -0.25) is 0 Å². The first kappa shape index (κ1) is 13.9. The minimum atomic E-state index is -0.101. The predicted octanol–water partition coefficient (Wildman–Crippen LogP) is 2.27. The second-order valence-electron chi connectivity index (χ2n) is 6.49. The van der Waals surface area contributed by atoms with Crippen molar-refractivity contribution in [1.82, 2.24) is 15.2 Å². The minimum Gasteiger partial charge on any atom is -0.484 e. The molecule has 0 fully saturated rings. The number of pyridine rings is 1. The van der Waals surface area contributed by atoms with E-state index in [1.54, 1.807) is 6.20 Å². The van der Waals surface area contributed by atoms with Crippen molar-refractivity contribution in [3.8, 4) is 11.6 Å². The summed E-state index contributed by atoms with van der Waals surface area (Å²) in [7, 11) is 0. The van der Waals surface area contributed by atoms with Gasteiger partial charge in [-0.1, -0.05) is 24.3 Å². The van der Waals surface area contributed by atoms with Crippen LogP contribution < -0.4 is 14.8 Å². The molecule has 1 aromatic heterocycles. The predicted molar refractivity (Wildman–Crippen MR) is 89.8 cm³/mol. The maximum Gasteiger partial charge on any atom is 0.257 e. The lowest BCUT2D eigenvalue weighted by molar-refractivity contribution is 0.0851. The quantitative estimate of drug-likeness (QED) is 0.940. The Hall–Kier alpha value is -2.53. The summed E-state index contributed by atoms with van der Waals surface area (Å²) in [5.74, 6) is 1.29. The molecule has 0 aliphatic carbocycles. The van der Waals surface area contributed by atoms with Gasteiger partial charge in [0, 0.05) is 37.6 Å². The lowest BCUT2D eigenvalue weighted by atomic mass is 10.1. The smallest absolute Gasteiger partial charge is 0.257 e. The van der Waals surface area contributed by atoms with Crippen LogP contribution in [0.4, 0.5) is 0 Å². The zero-order valence-corrected chi connectivity index (χ0v) is 13.3. The molecule has 5 nitrogen and oxygen atoms in total. The van der Waals surface area contributed by atoms with Gasteiger partial charge in [0.25, 0.3) is 5.88 Å². The first-order valence-corrected chi connectivity index (χ1v) is 8.37. The molecule has 24 heavy (non-hydrogen) atoms. The highest BCUT2D eigenvalue weighted by molar-refractivity contribution is 5.36. The molecule has 5 rings (SSSR count). The van der Waals surface area contributed by atoms with Crippen LogP contribution in [0.3, 0.4) is 0 Å². The maximum atomic E-state index is 5.97. The van der Waals surface area contributed by atoms with E-state index in [2.05, 4.69) is 45.5 Å². The van der Waals surface area contributed by atoms with Gasteiger partial charge in [-0.05, 0) is 29.3 Å². The van der Waals surface area contributed by atoms with Crippen LogP contribution in [0.1, 0.15) is 17.2 Å². The van der Waals surface area contributed by atoms with Gasteiger partial charge in [0.2, 0.25) is 0 Å². The van der Waals surface area contributed by atoms with Crippen molar-refractivity contribution >= 4 is 0 Å². The fourth-order valence-corrected chi connectivity index (χ4v) is 3.57. The normalized spacial score (nSPS) is 24.2. The van der Waals surface area contributed by atoms with E-state index in [0.717, 1.165) is 30.9 Å². The number of piperazine rings is 1. The van der Waals surface area contributed by atoms with E-state index in [1.807, 2.05) is 12.1 Å². The second-order valence-corrected chi connectivity index (χ2v) is 6.49. The lowest BCUT2D eigenvalue weighted by Crippen LogP contribution is -2.40. The third-order valence-electron chi connectivity index (χ3n) is 4.87. The van der Waals surface area contributed by atoms with Gasteiger partial charge in [0.05, 0.1) is 0 Å². The van der Waals surface area contributed by atoms with Gasteiger partial charge in [0.15, 0.2) is 11.9 Å². The SMILES string of the molecule is C1=C2CN[C@@H]1CN2Cc1ccc([C@H]2COc3cccnc3O2)cc1. The van der Waals surface area contributed by atoms with Crippen LogP contribution in [0, 0.1) is 0 Å². The number of hydrogen-bond acceptors (Lipinski definition) is 5. The number of hydrogen-bond donors (Lipinski definition) is 1. The van der Waals surface area contributed by atoms with Gasteiger partial charge in [-0.15, -0.1) is 0 Å². The van der Waals surface area contributed by atoms with E-state index >= 15 is 0 Å². The number of ether oxygens (including phenoxy) is 2. The van der Waals surface area contributed by atoms with Crippen LogP contribution in [0.5, 0.6) is 11.6 Å². The molecule has 1 aromatic carbocycles. The van der Waals surface area contributed by atoms with E-state index in [0.29, 0.717) is 18.5 Å². The summed E-state index contributed by atoms with van der Waals surface area (Å²) in [6.07, 6.45) is 3.96. The summed E-state index contributed by atoms with van der Waals surface area (Å²) in [6, 6.07) is 12.9. The van der Waals surface area contributed by atoms with Crippen LogP contribution in [-0.2, 0) is 6.54 Å². The molecule has 122 valence electrons. The number of aromatic nitrogens is 1. The molecule has 0 radical (unpaired) electrons. The Morgan fingerprint density at radius 2 is 2.12 bits per heavy atom. The van der Waals surface area contributed by atoms with E-state index in [4.69, 9.17) is 9.47 Å². The monoisotopic (exact) mass is 321 g/mol. The highest BCUT2D eigenvalue weighted by Crippen LogP contribution is 2.34. The molecule has 0 spiro atoms. The molecular weight excluding hydrogens is 302 g/mol. The van der Waals surface area contributed by atoms with Crippen molar-refractivity contribution in [2.45, 2.75) is 18.7 Å². The molecule has 0 saturated heterocycles. The molecule has 3 aliphatic rings. The molecule has 3 aliphatic heterocycles. The Morgan fingerprint density at radius 3 is 2.92 bits per heavy atom. The van der Waals surface area contributed by atoms with Crippen molar-refractivity contribution < 1.29 is 9.47 Å². The van der Waals surface area contributed by atoms with Crippen molar-refractivity contribution in [3.63, 3.8) is 0 Å². The molecule has 2 bridgehead atoms. The molecule has 4 heterocycles. The number of rotatable bonds is 3. The number of nitrogens with one attached hydrogen (secondary N) is 1. The Bertz CT molecular complexity index is 787. The molecule has 1 N–H and O–H groups in total. The number of fused-ring (bicyclic) bond motifs is 2. The van der Waals surface area contributed by atoms with E-state index in [9.17, 15) is 0 Å². The Balaban J connectivity index is 1.28. The standard InChI is InChI=1S/C19H19N3O2/c1-2-17-19(20-7-1)24-18(12-23-17)14-5-3-13(4-6-14)10-22-11-15-8-16(22)9-21-15/h1-8,15,18,21H,9-12H2/t15-,18+/m0/s1. The molecule has 0 saturated carbocycles. The van der Waals surface area contributed by atoms with Crippen LogP contribution in [-0.4, -0.2) is 35.6 Å². The third-order valence-corrected chi connectivity index (χ3v) is 4.87. The summed E-state index contributed by atoms with van der Waals surface area (Å²) in [6.45, 7) is 3.57. The Kier molecular flexibility index (Phi) is 3.19. The Labute approximate surface area is 140 Å². The molecular formula is C19H19N3O2. The molecule has 0 unspecified atom stereocenters. The largest absolute Gasteiger partial charge is 0.484 e. The van der Waals surface area contributed by atoms with Crippen molar-refractivity contribution in [2.75, 3.05) is 19.7 Å². The summed E-state index contributed by atoms with van der Waals surface area (Å²) in [4.78, 5) is 6.69. The van der Waals surface area contributed by atoms with Crippen molar-refractivity contribution in [1.29, 1.82) is 0 Å². The first-order chi connectivity index (χ1) is 11.8. The van der Waals surface area contributed by atoms with Gasteiger partial charge in [-0.2, -0.15) is 0 Å². The number of benzene rings is 1. The highest BCUT2D eigenvalue weighted by Gasteiger charge is 2.28. The van der Waals surface area contributed by atoms with Gasteiger partial charge in [-0.25, -0.2) is 4.98 Å². The maximum absolute atomic E-state index is 5.97. The summed E-state index contributed by atoms with van der Waals surface area (Å²) < 4.78 is 11.7. The van der Waals surface area contributed by atoms with Gasteiger partial charge >= 0.3 is 0 Å². The van der Waals surface area contributed by atoms with Crippen molar-refractivity contribution in [3.05, 3.63) is 65.5 Å². The van der Waals surface area contributed by atoms with Gasteiger partial charge in [0.1, 0.15) is 6.61 Å². The first-order valence-electron chi connectivity index (χ1n) is 8.37. The topological polar surface area (TPSA) is 46.6 Å². The zero-order valence-electron chi connectivity index (χ0n) is 13.3. The average Bonchev–Trinajstić information content (AvgIpc) is 3.25. The van der Waals surface area contributed by atoms with Crippen LogP contribution in [0.25, 0.3) is 0 Å². The van der Waals surface area contributed by atoms with Crippen LogP contribution >= 0.6 is 0 Å². The second kappa shape index (κ2) is 5.53. The molecule has 2 atom stereocenters. The summed E-state index contributed by atoms with van der Waals surface area (Å²) >= 11 is 0. The molecule has 5 heteroatoms. The number of nitrogens with zero attached hydrogens (tertiary/aromatic N) is 2. The highest BCUT2D eigenvalue weighted by atomic mass is 16.6. The van der Waals surface area contributed by atoms with E-state index in [1.165, 1.54) is 11.3 Å². The average molecular weight is 321 g/mol. The summed E-state index contributed by atoms with van der Waals surface area (Å²) in [5, 5.41) is 3.46. The van der Waals surface area contributed by atoms with E-state index in [-0.39, 0.29) is 6.10 Å². The van der Waals surface area contributed by atoms with Crippen molar-refractivity contribution in [2.24, 2.45) is 0 Å². The van der Waals surface area contributed by atoms with Crippen LogP contribution in [0.15, 0.2) is 54.4 Å². The van der Waals surface area contributed by atoms with E-state index < -0.39 is 0 Å². The summed E-state index contributed by atoms with van der Waals surface area (Å²) in [5.41, 5.74) is 3.87. The fourth-order valence-electron chi connectivity index (χ4n) is 3.57. The Morgan fingerprint density at radius 1 is 1.21 bits per heavy atom. The fraction of sp³-hybridized carbons (Fsp3) is 0.316. The third kappa shape index (κ3) is 2.41. The minimum absolute atomic E-state index is 0.101. The zero-order chi connectivity index (χ0) is 15.9. The lowest BCUT2D eigenvalue weighted by Gasteiger charge is -2.28. The molecule has 2 aromatic rings. The van der Waals surface area contributed by atoms with Gasteiger partial charge < -0.3 is 19.7 Å². The molecule has 0 amide bonds.